The molecular formula is C11H24N2O. The normalized spacial score (nSPS) is 23.4. The zero-order chi connectivity index (χ0) is 10.4. The second-order valence-corrected chi connectivity index (χ2v) is 4.64. The maximum atomic E-state index is 5.38. The molecule has 0 aromatic carbocycles. The molecule has 1 fully saturated rings. The summed E-state index contributed by atoms with van der Waals surface area (Å²) in [4.78, 5) is 2.50. The van der Waals surface area contributed by atoms with Crippen LogP contribution in [-0.4, -0.2) is 49.8 Å². The lowest BCUT2D eigenvalue weighted by molar-refractivity contribution is 0.107. The molecule has 1 rings (SSSR count). The van der Waals surface area contributed by atoms with E-state index in [0.717, 1.165) is 32.8 Å². The van der Waals surface area contributed by atoms with Gasteiger partial charge in [0.25, 0.3) is 0 Å². The highest BCUT2D eigenvalue weighted by Crippen LogP contribution is 2.09. The maximum absolute atomic E-state index is 5.38. The van der Waals surface area contributed by atoms with E-state index >= 15 is 0 Å². The number of hydrogen-bond donors (Lipinski definition) is 1. The van der Waals surface area contributed by atoms with Crippen LogP contribution in [0.1, 0.15) is 27.2 Å². The predicted octanol–water partition coefficient (Wildman–Crippen LogP) is 1.10. The van der Waals surface area contributed by atoms with E-state index in [-0.39, 0.29) is 5.54 Å². The lowest BCUT2D eigenvalue weighted by Crippen LogP contribution is -2.47. The highest BCUT2D eigenvalue weighted by atomic mass is 16.5. The van der Waals surface area contributed by atoms with Crippen LogP contribution in [-0.2, 0) is 4.74 Å². The smallest absolute Gasteiger partial charge is 0.0593 e. The van der Waals surface area contributed by atoms with Crippen molar-refractivity contribution < 1.29 is 4.74 Å². The van der Waals surface area contributed by atoms with Crippen LogP contribution >= 0.6 is 0 Å². The van der Waals surface area contributed by atoms with E-state index in [1.54, 1.807) is 0 Å². The van der Waals surface area contributed by atoms with Gasteiger partial charge in [0.05, 0.1) is 6.61 Å². The first-order valence-corrected chi connectivity index (χ1v) is 5.69. The van der Waals surface area contributed by atoms with Gasteiger partial charge in [-0.25, -0.2) is 0 Å². The highest BCUT2D eigenvalue weighted by Gasteiger charge is 2.23. The van der Waals surface area contributed by atoms with Crippen LogP contribution < -0.4 is 5.32 Å². The van der Waals surface area contributed by atoms with E-state index in [1.807, 2.05) is 6.92 Å². The molecule has 84 valence electrons. The molecule has 0 aromatic heterocycles. The molecule has 0 spiro atoms. The van der Waals surface area contributed by atoms with Crippen LogP contribution in [0.3, 0.4) is 0 Å². The van der Waals surface area contributed by atoms with Gasteiger partial charge in [-0.1, -0.05) is 0 Å². The minimum Gasteiger partial charge on any atom is -0.380 e. The number of hydrogen-bond acceptors (Lipinski definition) is 3. The zero-order valence-electron chi connectivity index (χ0n) is 9.81. The van der Waals surface area contributed by atoms with E-state index in [9.17, 15) is 0 Å². The van der Waals surface area contributed by atoms with Gasteiger partial charge in [-0.2, -0.15) is 0 Å². The molecule has 14 heavy (non-hydrogen) atoms. The molecule has 1 aliphatic rings. The number of ether oxygens (including phenoxy) is 1. The predicted molar refractivity (Wildman–Crippen MR) is 59.6 cm³/mol. The quantitative estimate of drug-likeness (QED) is 0.688. The van der Waals surface area contributed by atoms with Crippen molar-refractivity contribution >= 4 is 0 Å². The standard InChI is InChI=1S/C11H24N2O/c1-4-14-9-8-13-7-5-6-12-11(2,3)10-13/h12H,4-10H2,1-3H3. The van der Waals surface area contributed by atoms with E-state index in [0.29, 0.717) is 0 Å². The van der Waals surface area contributed by atoms with Crippen LogP contribution in [0, 0.1) is 0 Å². The van der Waals surface area contributed by atoms with Gasteiger partial charge in [0.2, 0.25) is 0 Å². The van der Waals surface area contributed by atoms with Crippen molar-refractivity contribution in [2.24, 2.45) is 0 Å². The molecule has 0 bridgehead atoms. The minimum absolute atomic E-state index is 0.253. The Morgan fingerprint density at radius 1 is 1.43 bits per heavy atom. The average Bonchev–Trinajstić information content (AvgIpc) is 2.27. The molecule has 1 saturated heterocycles. The summed E-state index contributed by atoms with van der Waals surface area (Å²) in [5.74, 6) is 0. The van der Waals surface area contributed by atoms with Crippen molar-refractivity contribution in [3.8, 4) is 0 Å². The molecule has 0 saturated carbocycles. The first-order valence-electron chi connectivity index (χ1n) is 5.69. The van der Waals surface area contributed by atoms with E-state index in [4.69, 9.17) is 4.74 Å². The number of nitrogens with zero attached hydrogens (tertiary/aromatic N) is 1. The Morgan fingerprint density at radius 3 is 2.93 bits per heavy atom. The molecule has 0 aliphatic carbocycles. The largest absolute Gasteiger partial charge is 0.380 e. The van der Waals surface area contributed by atoms with Gasteiger partial charge in [0.15, 0.2) is 0 Å². The molecule has 0 atom stereocenters. The SMILES string of the molecule is CCOCCN1CCCNC(C)(C)C1. The zero-order valence-corrected chi connectivity index (χ0v) is 9.81. The van der Waals surface area contributed by atoms with Crippen LogP contribution in [0.2, 0.25) is 0 Å². The number of rotatable bonds is 4. The van der Waals surface area contributed by atoms with E-state index in [1.165, 1.54) is 13.0 Å². The second kappa shape index (κ2) is 5.69. The lowest BCUT2D eigenvalue weighted by atomic mass is 10.1. The molecule has 1 heterocycles. The minimum atomic E-state index is 0.253. The molecule has 0 unspecified atom stereocenters. The van der Waals surface area contributed by atoms with Gasteiger partial charge >= 0.3 is 0 Å². The molecule has 0 radical (unpaired) electrons. The summed E-state index contributed by atoms with van der Waals surface area (Å²) in [5, 5.41) is 3.56. The second-order valence-electron chi connectivity index (χ2n) is 4.64. The fourth-order valence-corrected chi connectivity index (χ4v) is 1.95. The van der Waals surface area contributed by atoms with Crippen LogP contribution in [0.15, 0.2) is 0 Å². The highest BCUT2D eigenvalue weighted by molar-refractivity contribution is 4.84. The molecule has 3 nitrogen and oxygen atoms in total. The van der Waals surface area contributed by atoms with Crippen LogP contribution in [0.25, 0.3) is 0 Å². The van der Waals surface area contributed by atoms with Gasteiger partial charge < -0.3 is 10.1 Å². The maximum Gasteiger partial charge on any atom is 0.0593 e. The monoisotopic (exact) mass is 200 g/mol. The number of nitrogens with one attached hydrogen (secondary N) is 1. The summed E-state index contributed by atoms with van der Waals surface area (Å²) >= 11 is 0. The molecule has 0 aromatic rings. The van der Waals surface area contributed by atoms with Gasteiger partial charge in [-0.3, -0.25) is 4.90 Å². The Labute approximate surface area is 87.8 Å². The third kappa shape index (κ3) is 4.40. The summed E-state index contributed by atoms with van der Waals surface area (Å²) in [6, 6.07) is 0. The Morgan fingerprint density at radius 2 is 2.21 bits per heavy atom. The Kier molecular flexibility index (Phi) is 4.85. The topological polar surface area (TPSA) is 24.5 Å². The van der Waals surface area contributed by atoms with Gasteiger partial charge in [-0.05, 0) is 40.3 Å². The van der Waals surface area contributed by atoms with Crippen molar-refractivity contribution in [2.45, 2.75) is 32.7 Å². The first kappa shape index (κ1) is 12.0. The lowest BCUT2D eigenvalue weighted by Gasteiger charge is -2.29. The van der Waals surface area contributed by atoms with Crippen molar-refractivity contribution in [3.63, 3.8) is 0 Å². The van der Waals surface area contributed by atoms with Gasteiger partial charge in [-0.15, -0.1) is 0 Å². The molecular weight excluding hydrogens is 176 g/mol. The van der Waals surface area contributed by atoms with Gasteiger partial charge in [0.1, 0.15) is 0 Å². The molecule has 1 aliphatic heterocycles. The Hall–Kier alpha value is -0.120. The van der Waals surface area contributed by atoms with Crippen molar-refractivity contribution in [1.29, 1.82) is 0 Å². The molecule has 0 amide bonds. The Balaban J connectivity index is 2.28. The first-order chi connectivity index (χ1) is 6.64. The van der Waals surface area contributed by atoms with Gasteiger partial charge in [0, 0.05) is 25.2 Å². The summed E-state index contributed by atoms with van der Waals surface area (Å²) in [5.41, 5.74) is 0.253. The van der Waals surface area contributed by atoms with Crippen molar-refractivity contribution in [1.82, 2.24) is 10.2 Å². The summed E-state index contributed by atoms with van der Waals surface area (Å²) in [6.45, 7) is 12.8. The fraction of sp³-hybridized carbons (Fsp3) is 1.00. The Bertz CT molecular complexity index is 159. The third-order valence-corrected chi connectivity index (χ3v) is 2.63. The molecule has 1 N–H and O–H groups in total. The summed E-state index contributed by atoms with van der Waals surface area (Å²) < 4.78 is 5.38. The summed E-state index contributed by atoms with van der Waals surface area (Å²) in [6.07, 6.45) is 1.25. The van der Waals surface area contributed by atoms with Crippen LogP contribution in [0.5, 0.6) is 0 Å². The molecule has 3 heteroatoms. The van der Waals surface area contributed by atoms with E-state index in [2.05, 4.69) is 24.1 Å². The van der Waals surface area contributed by atoms with Crippen molar-refractivity contribution in [3.05, 3.63) is 0 Å². The fourth-order valence-electron chi connectivity index (χ4n) is 1.95. The van der Waals surface area contributed by atoms with E-state index < -0.39 is 0 Å². The summed E-state index contributed by atoms with van der Waals surface area (Å²) in [7, 11) is 0. The van der Waals surface area contributed by atoms with Crippen LogP contribution in [0.4, 0.5) is 0 Å². The third-order valence-electron chi connectivity index (χ3n) is 2.63. The van der Waals surface area contributed by atoms with Crippen molar-refractivity contribution in [2.75, 3.05) is 39.4 Å². The average molecular weight is 200 g/mol.